The number of aryl methyl sites for hydroxylation is 1. The van der Waals surface area contributed by atoms with Gasteiger partial charge in [-0.25, -0.2) is 4.79 Å². The Kier molecular flexibility index (Phi) is 4.79. The van der Waals surface area contributed by atoms with Crippen LogP contribution in [-0.2, 0) is 20.9 Å². The summed E-state index contributed by atoms with van der Waals surface area (Å²) < 4.78 is 4.94. The molecule has 1 aliphatic rings. The van der Waals surface area contributed by atoms with E-state index in [1.807, 2.05) is 19.1 Å². The van der Waals surface area contributed by atoms with Crippen molar-refractivity contribution in [2.45, 2.75) is 25.9 Å². The molecular weight excluding hydrogens is 294 g/mol. The molecule has 1 aliphatic heterocycles. The number of amides is 3. The Morgan fingerprint density at radius 3 is 2.90 bits per heavy atom. The molecule has 0 spiro atoms. The van der Waals surface area contributed by atoms with E-state index in [0.29, 0.717) is 6.54 Å². The maximum absolute atomic E-state index is 12.0. The van der Waals surface area contributed by atoms with E-state index in [2.05, 4.69) is 5.32 Å². The normalized spacial score (nSPS) is 17.7. The van der Waals surface area contributed by atoms with Crippen LogP contribution < -0.4 is 11.1 Å². The highest BCUT2D eigenvalue weighted by molar-refractivity contribution is 7.11. The van der Waals surface area contributed by atoms with E-state index in [-0.39, 0.29) is 25.5 Å². The quantitative estimate of drug-likeness (QED) is 0.792. The van der Waals surface area contributed by atoms with Gasteiger partial charge in [-0.2, -0.15) is 0 Å². The number of thiophene rings is 1. The van der Waals surface area contributed by atoms with Gasteiger partial charge < -0.3 is 15.8 Å². The van der Waals surface area contributed by atoms with Gasteiger partial charge in [-0.15, -0.1) is 11.3 Å². The Morgan fingerprint density at radius 2 is 2.29 bits per heavy atom. The molecule has 2 rings (SSSR count). The Hall–Kier alpha value is -2.09. The first-order chi connectivity index (χ1) is 9.97. The number of nitrogens with zero attached hydrogens (tertiary/aromatic N) is 1. The van der Waals surface area contributed by atoms with E-state index in [1.165, 1.54) is 4.90 Å². The van der Waals surface area contributed by atoms with E-state index in [9.17, 15) is 14.4 Å². The van der Waals surface area contributed by atoms with Gasteiger partial charge in [0.2, 0.25) is 11.8 Å². The molecule has 0 radical (unpaired) electrons. The fourth-order valence-electron chi connectivity index (χ4n) is 2.01. The molecule has 0 aliphatic carbocycles. The topological polar surface area (TPSA) is 102 Å². The fourth-order valence-corrected chi connectivity index (χ4v) is 2.90. The van der Waals surface area contributed by atoms with Crippen LogP contribution in [0.25, 0.3) is 0 Å². The molecule has 0 bridgehead atoms. The largest absolute Gasteiger partial charge is 0.447 e. The molecule has 0 unspecified atom stereocenters. The third-order valence-electron chi connectivity index (χ3n) is 3.07. The number of nitrogens with one attached hydrogen (secondary N) is 1. The summed E-state index contributed by atoms with van der Waals surface area (Å²) >= 11 is 1.57. The Balaban J connectivity index is 1.95. The van der Waals surface area contributed by atoms with Crippen LogP contribution in [-0.4, -0.2) is 42.0 Å². The van der Waals surface area contributed by atoms with Gasteiger partial charge in [-0.3, -0.25) is 14.5 Å². The second kappa shape index (κ2) is 6.57. The lowest BCUT2D eigenvalue weighted by Crippen LogP contribution is -2.45. The van der Waals surface area contributed by atoms with Crippen LogP contribution in [0.2, 0.25) is 0 Å². The number of hydrogen-bond donors (Lipinski definition) is 2. The molecule has 7 nitrogen and oxygen atoms in total. The number of primary amides is 1. The maximum atomic E-state index is 12.0. The minimum atomic E-state index is -0.673. The summed E-state index contributed by atoms with van der Waals surface area (Å²) in [6.45, 7) is 2.49. The van der Waals surface area contributed by atoms with Crippen molar-refractivity contribution >= 4 is 29.2 Å². The van der Waals surface area contributed by atoms with Gasteiger partial charge in [-0.1, -0.05) is 0 Å². The molecule has 21 heavy (non-hydrogen) atoms. The Bertz CT molecular complexity index is 557. The van der Waals surface area contributed by atoms with Crippen molar-refractivity contribution in [2.24, 2.45) is 5.73 Å². The Labute approximate surface area is 126 Å². The van der Waals surface area contributed by atoms with Gasteiger partial charge in [0.25, 0.3) is 0 Å². The van der Waals surface area contributed by atoms with Crippen molar-refractivity contribution in [1.29, 1.82) is 0 Å². The smallest absolute Gasteiger partial charge is 0.410 e. The minimum Gasteiger partial charge on any atom is -0.447 e. The van der Waals surface area contributed by atoms with E-state index < -0.39 is 18.0 Å². The summed E-state index contributed by atoms with van der Waals surface area (Å²) in [6, 6.07) is 3.21. The van der Waals surface area contributed by atoms with E-state index in [0.717, 1.165) is 9.75 Å². The van der Waals surface area contributed by atoms with Crippen LogP contribution >= 0.6 is 11.3 Å². The lowest BCUT2D eigenvalue weighted by atomic mass is 10.2. The number of cyclic esters (lactones) is 1. The zero-order chi connectivity index (χ0) is 15.4. The lowest BCUT2D eigenvalue weighted by molar-refractivity contribution is -0.125. The average molecular weight is 311 g/mol. The molecular formula is C13H17N3O4S. The van der Waals surface area contributed by atoms with Gasteiger partial charge in [0.15, 0.2) is 0 Å². The van der Waals surface area contributed by atoms with Crippen molar-refractivity contribution in [3.8, 4) is 0 Å². The lowest BCUT2D eigenvalue weighted by Gasteiger charge is -2.19. The van der Waals surface area contributed by atoms with Gasteiger partial charge >= 0.3 is 6.09 Å². The summed E-state index contributed by atoms with van der Waals surface area (Å²) in [5, 5.41) is 2.59. The van der Waals surface area contributed by atoms with Crippen LogP contribution in [0.5, 0.6) is 0 Å². The van der Waals surface area contributed by atoms with E-state index in [4.69, 9.17) is 10.5 Å². The highest BCUT2D eigenvalue weighted by Gasteiger charge is 2.38. The van der Waals surface area contributed by atoms with Crippen LogP contribution in [0, 0.1) is 6.92 Å². The molecule has 1 atom stereocenters. The predicted molar refractivity (Wildman–Crippen MR) is 76.6 cm³/mol. The molecule has 3 amide bonds. The molecule has 0 saturated carbocycles. The molecule has 114 valence electrons. The van der Waals surface area contributed by atoms with Crippen LogP contribution in [0.1, 0.15) is 16.2 Å². The highest BCUT2D eigenvalue weighted by atomic mass is 32.1. The number of nitrogens with two attached hydrogens (primary N) is 1. The first kappa shape index (κ1) is 15.3. The van der Waals surface area contributed by atoms with Crippen LogP contribution in [0.3, 0.4) is 0 Å². The second-order valence-electron chi connectivity index (χ2n) is 4.74. The summed E-state index contributed by atoms with van der Waals surface area (Å²) in [7, 11) is 0. The summed E-state index contributed by atoms with van der Waals surface area (Å²) in [5.74, 6) is -0.824. The molecule has 1 saturated heterocycles. The fraction of sp³-hybridized carbons (Fsp3) is 0.462. The minimum absolute atomic E-state index is 0.0194. The van der Waals surface area contributed by atoms with Crippen molar-refractivity contribution in [3.63, 3.8) is 0 Å². The van der Waals surface area contributed by atoms with Crippen molar-refractivity contribution in [2.75, 3.05) is 13.2 Å². The molecule has 0 aromatic carbocycles. The number of hydrogen-bond acceptors (Lipinski definition) is 5. The molecule has 1 aromatic heterocycles. The third-order valence-corrected chi connectivity index (χ3v) is 4.06. The van der Waals surface area contributed by atoms with Crippen molar-refractivity contribution < 1.29 is 19.1 Å². The van der Waals surface area contributed by atoms with Gasteiger partial charge in [0.05, 0.1) is 6.54 Å². The highest BCUT2D eigenvalue weighted by Crippen LogP contribution is 2.21. The number of carbonyl (C=O) groups excluding carboxylic acids is 3. The van der Waals surface area contributed by atoms with E-state index >= 15 is 0 Å². The second-order valence-corrected chi connectivity index (χ2v) is 6.11. The first-order valence-corrected chi connectivity index (χ1v) is 7.33. The molecule has 2 heterocycles. The van der Waals surface area contributed by atoms with Crippen molar-refractivity contribution in [3.05, 3.63) is 21.9 Å². The summed E-state index contributed by atoms with van der Waals surface area (Å²) in [4.78, 5) is 37.9. The summed E-state index contributed by atoms with van der Waals surface area (Å²) in [5.41, 5.74) is 5.01. The molecule has 3 N–H and O–H groups in total. The van der Waals surface area contributed by atoms with Gasteiger partial charge in [0.1, 0.15) is 12.6 Å². The first-order valence-electron chi connectivity index (χ1n) is 6.52. The SMILES string of the molecule is Cc1ccc(CN2C(=O)OC[C@H]2C(=O)NCCC(N)=O)s1. The monoisotopic (exact) mass is 311 g/mol. The average Bonchev–Trinajstić information content (AvgIpc) is 2.97. The van der Waals surface area contributed by atoms with Crippen molar-refractivity contribution in [1.82, 2.24) is 10.2 Å². The maximum Gasteiger partial charge on any atom is 0.410 e. The van der Waals surface area contributed by atoms with Crippen LogP contribution in [0.15, 0.2) is 12.1 Å². The van der Waals surface area contributed by atoms with Gasteiger partial charge in [0, 0.05) is 22.7 Å². The number of ether oxygens (including phenoxy) is 1. The van der Waals surface area contributed by atoms with Gasteiger partial charge in [-0.05, 0) is 19.1 Å². The predicted octanol–water partition coefficient (Wildman–Crippen LogP) is 0.369. The number of carbonyl (C=O) groups is 3. The summed E-state index contributed by atoms with van der Waals surface area (Å²) in [6.07, 6.45) is -0.437. The van der Waals surface area contributed by atoms with Crippen LogP contribution in [0.4, 0.5) is 4.79 Å². The number of rotatable bonds is 6. The Morgan fingerprint density at radius 1 is 1.52 bits per heavy atom. The zero-order valence-electron chi connectivity index (χ0n) is 11.6. The molecule has 1 aromatic rings. The third kappa shape index (κ3) is 3.94. The van der Waals surface area contributed by atoms with E-state index in [1.54, 1.807) is 11.3 Å². The molecule has 8 heteroatoms. The standard InChI is InChI=1S/C13H17N3O4S/c1-8-2-3-9(21-8)6-16-10(7-20-13(16)19)12(18)15-5-4-11(14)17/h2-3,10H,4-7H2,1H3,(H2,14,17)(H,15,18)/t10-/m0/s1. The zero-order valence-corrected chi connectivity index (χ0v) is 12.4. The molecule has 1 fully saturated rings.